The Kier molecular flexibility index (Phi) is 3.27. The minimum atomic E-state index is -4.43. The van der Waals surface area contributed by atoms with Gasteiger partial charge in [0.05, 0.1) is 5.56 Å². The van der Waals surface area contributed by atoms with E-state index in [9.17, 15) is 18.3 Å². The molecular weight excluding hydrogens is 279 g/mol. The van der Waals surface area contributed by atoms with Crippen LogP contribution < -0.4 is 4.90 Å². The molecule has 0 spiro atoms. The summed E-state index contributed by atoms with van der Waals surface area (Å²) < 4.78 is 37.7. The lowest BCUT2D eigenvalue weighted by molar-refractivity contribution is -0.137. The second-order valence-electron chi connectivity index (χ2n) is 5.14. The number of para-hydroxylation sites is 1. The van der Waals surface area contributed by atoms with Crippen LogP contribution >= 0.6 is 0 Å². The van der Waals surface area contributed by atoms with Gasteiger partial charge in [-0.1, -0.05) is 24.3 Å². The number of phenols is 1. The van der Waals surface area contributed by atoms with Crippen molar-refractivity contribution in [1.29, 1.82) is 0 Å². The lowest BCUT2D eigenvalue weighted by Crippen LogP contribution is -2.19. The van der Waals surface area contributed by atoms with Crippen LogP contribution in [0.1, 0.15) is 16.7 Å². The predicted molar refractivity (Wildman–Crippen MR) is 74.3 cm³/mol. The maximum Gasteiger partial charge on any atom is 0.416 e. The van der Waals surface area contributed by atoms with Crippen LogP contribution in [0.2, 0.25) is 0 Å². The Morgan fingerprint density at radius 2 is 1.86 bits per heavy atom. The number of halogens is 3. The van der Waals surface area contributed by atoms with Crippen molar-refractivity contribution >= 4 is 5.69 Å². The second kappa shape index (κ2) is 4.98. The van der Waals surface area contributed by atoms with Crippen molar-refractivity contribution in [1.82, 2.24) is 0 Å². The minimum absolute atomic E-state index is 0.311. The molecule has 2 aromatic rings. The van der Waals surface area contributed by atoms with Gasteiger partial charge >= 0.3 is 6.18 Å². The van der Waals surface area contributed by atoms with E-state index in [1.165, 1.54) is 11.6 Å². The maximum atomic E-state index is 12.6. The Morgan fingerprint density at radius 3 is 2.57 bits per heavy atom. The van der Waals surface area contributed by atoms with Crippen LogP contribution in [-0.4, -0.2) is 11.7 Å². The fraction of sp³-hybridized carbons (Fsp3) is 0.250. The quantitative estimate of drug-likeness (QED) is 0.905. The summed E-state index contributed by atoms with van der Waals surface area (Å²) in [7, 11) is 0. The Morgan fingerprint density at radius 1 is 1.10 bits per heavy atom. The van der Waals surface area contributed by atoms with Gasteiger partial charge in [-0.05, 0) is 30.2 Å². The number of rotatable bonds is 2. The summed E-state index contributed by atoms with van der Waals surface area (Å²) in [6.07, 6.45) is -3.52. The minimum Gasteiger partial charge on any atom is -0.508 e. The first kappa shape index (κ1) is 13.8. The molecule has 21 heavy (non-hydrogen) atoms. The van der Waals surface area contributed by atoms with Crippen LogP contribution in [-0.2, 0) is 19.1 Å². The molecule has 0 bridgehead atoms. The predicted octanol–water partition coefficient (Wildman–Crippen LogP) is 3.97. The highest BCUT2D eigenvalue weighted by atomic mass is 19.4. The summed E-state index contributed by atoms with van der Waals surface area (Å²) >= 11 is 0. The zero-order valence-electron chi connectivity index (χ0n) is 11.2. The first-order chi connectivity index (χ1) is 9.95. The Hall–Kier alpha value is -2.17. The summed E-state index contributed by atoms with van der Waals surface area (Å²) in [4.78, 5) is 2.07. The van der Waals surface area contributed by atoms with Crippen LogP contribution in [0, 0.1) is 0 Å². The van der Waals surface area contributed by atoms with Crippen molar-refractivity contribution in [3.8, 4) is 5.75 Å². The average Bonchev–Trinajstić information content (AvgIpc) is 2.83. The molecule has 0 aliphatic carbocycles. The zero-order chi connectivity index (χ0) is 15.0. The molecule has 5 heteroatoms. The molecule has 0 amide bonds. The molecule has 3 rings (SSSR count). The summed E-state index contributed by atoms with van der Waals surface area (Å²) in [5, 5.41) is 9.84. The summed E-state index contributed by atoms with van der Waals surface area (Å²) in [6, 6.07) is 11.1. The van der Waals surface area contributed by atoms with Crippen molar-refractivity contribution in [2.75, 3.05) is 11.4 Å². The third kappa shape index (κ3) is 2.68. The van der Waals surface area contributed by atoms with E-state index in [1.54, 1.807) is 0 Å². The van der Waals surface area contributed by atoms with E-state index in [-0.39, 0.29) is 5.75 Å². The molecule has 0 aromatic heterocycles. The largest absolute Gasteiger partial charge is 0.508 e. The molecule has 0 radical (unpaired) electrons. The van der Waals surface area contributed by atoms with Crippen molar-refractivity contribution < 1.29 is 18.3 Å². The number of alkyl halides is 3. The van der Waals surface area contributed by atoms with E-state index in [1.807, 2.05) is 24.3 Å². The molecule has 0 saturated carbocycles. The summed E-state index contributed by atoms with van der Waals surface area (Å²) in [5.74, 6) is -0.311. The van der Waals surface area contributed by atoms with E-state index in [2.05, 4.69) is 4.90 Å². The topological polar surface area (TPSA) is 23.5 Å². The Labute approximate surface area is 120 Å². The van der Waals surface area contributed by atoms with E-state index >= 15 is 0 Å². The van der Waals surface area contributed by atoms with Gasteiger partial charge in [-0.15, -0.1) is 0 Å². The van der Waals surface area contributed by atoms with Crippen molar-refractivity contribution in [2.45, 2.75) is 19.1 Å². The molecular formula is C16H14F3NO. The second-order valence-corrected chi connectivity index (χ2v) is 5.14. The molecule has 2 nitrogen and oxygen atoms in total. The zero-order valence-corrected chi connectivity index (χ0v) is 11.2. The average molecular weight is 293 g/mol. The fourth-order valence-electron chi connectivity index (χ4n) is 2.65. The third-order valence-electron chi connectivity index (χ3n) is 3.76. The third-order valence-corrected chi connectivity index (χ3v) is 3.76. The number of phenolic OH excluding ortho intramolecular Hbond substituents is 1. The van der Waals surface area contributed by atoms with Crippen LogP contribution in [0.5, 0.6) is 5.75 Å². The molecule has 0 unspecified atom stereocenters. The first-order valence-electron chi connectivity index (χ1n) is 6.67. The Bertz CT molecular complexity index is 667. The van der Waals surface area contributed by atoms with E-state index < -0.39 is 11.7 Å². The van der Waals surface area contributed by atoms with Crippen LogP contribution in [0.25, 0.3) is 0 Å². The van der Waals surface area contributed by atoms with Gasteiger partial charge in [0, 0.05) is 24.3 Å². The molecule has 1 aliphatic heterocycles. The first-order valence-corrected chi connectivity index (χ1v) is 6.67. The van der Waals surface area contributed by atoms with Crippen molar-refractivity contribution in [3.05, 3.63) is 59.2 Å². The molecule has 1 aliphatic rings. The molecule has 0 atom stereocenters. The molecule has 1 heterocycles. The Balaban J connectivity index is 1.84. The smallest absolute Gasteiger partial charge is 0.416 e. The highest BCUT2D eigenvalue weighted by molar-refractivity contribution is 5.58. The summed E-state index contributed by atoms with van der Waals surface area (Å²) in [5.41, 5.74) is 1.98. The molecule has 1 N–H and O–H groups in total. The van der Waals surface area contributed by atoms with Crippen LogP contribution in [0.3, 0.4) is 0 Å². The van der Waals surface area contributed by atoms with Crippen LogP contribution in [0.15, 0.2) is 42.5 Å². The molecule has 110 valence electrons. The molecule has 0 fully saturated rings. The SMILES string of the molecule is Oc1cc(C(F)(F)F)ccc1CN1CCc2ccccc21. The number of nitrogens with zero attached hydrogens (tertiary/aromatic N) is 1. The van der Waals surface area contributed by atoms with E-state index in [4.69, 9.17) is 0 Å². The van der Waals surface area contributed by atoms with Gasteiger partial charge in [-0.2, -0.15) is 13.2 Å². The molecule has 2 aromatic carbocycles. The maximum absolute atomic E-state index is 12.6. The normalized spacial score (nSPS) is 14.3. The highest BCUT2D eigenvalue weighted by Gasteiger charge is 2.31. The van der Waals surface area contributed by atoms with Gasteiger partial charge in [0.25, 0.3) is 0 Å². The van der Waals surface area contributed by atoms with Gasteiger partial charge in [-0.3, -0.25) is 0 Å². The summed E-state index contributed by atoms with van der Waals surface area (Å²) in [6.45, 7) is 1.21. The fourth-order valence-corrected chi connectivity index (χ4v) is 2.65. The number of anilines is 1. The van der Waals surface area contributed by atoms with Crippen molar-refractivity contribution in [2.24, 2.45) is 0 Å². The standard InChI is InChI=1S/C16H14F3NO/c17-16(18,19)13-6-5-12(15(21)9-13)10-20-8-7-11-3-1-2-4-14(11)20/h1-6,9,21H,7-8,10H2. The number of benzene rings is 2. The number of hydrogen-bond acceptors (Lipinski definition) is 2. The van der Waals surface area contributed by atoms with E-state index in [0.717, 1.165) is 30.8 Å². The monoisotopic (exact) mass is 293 g/mol. The van der Waals surface area contributed by atoms with Crippen LogP contribution in [0.4, 0.5) is 18.9 Å². The number of hydrogen-bond donors (Lipinski definition) is 1. The van der Waals surface area contributed by atoms with Crippen molar-refractivity contribution in [3.63, 3.8) is 0 Å². The molecule has 0 saturated heterocycles. The number of aromatic hydroxyl groups is 1. The van der Waals surface area contributed by atoms with Gasteiger partial charge in [0.2, 0.25) is 0 Å². The lowest BCUT2D eigenvalue weighted by atomic mass is 10.1. The van der Waals surface area contributed by atoms with Gasteiger partial charge in [-0.25, -0.2) is 0 Å². The van der Waals surface area contributed by atoms with Gasteiger partial charge < -0.3 is 10.0 Å². The number of fused-ring (bicyclic) bond motifs is 1. The lowest BCUT2D eigenvalue weighted by Gasteiger charge is -2.20. The van der Waals surface area contributed by atoms with Gasteiger partial charge in [0.15, 0.2) is 0 Å². The van der Waals surface area contributed by atoms with Gasteiger partial charge in [0.1, 0.15) is 5.75 Å². The van der Waals surface area contributed by atoms with E-state index in [0.29, 0.717) is 12.1 Å². The highest BCUT2D eigenvalue weighted by Crippen LogP contribution is 2.34.